The van der Waals surface area contributed by atoms with Crippen LogP contribution in [0.3, 0.4) is 0 Å². The van der Waals surface area contributed by atoms with Gasteiger partial charge in [0, 0.05) is 30.6 Å². The summed E-state index contributed by atoms with van der Waals surface area (Å²) in [5.41, 5.74) is 0.361. The van der Waals surface area contributed by atoms with Gasteiger partial charge in [-0.05, 0) is 44.2 Å². The predicted molar refractivity (Wildman–Crippen MR) is 105 cm³/mol. The van der Waals surface area contributed by atoms with Gasteiger partial charge in [0.2, 0.25) is 0 Å². The van der Waals surface area contributed by atoms with Crippen LogP contribution in [-0.4, -0.2) is 53.8 Å². The lowest BCUT2D eigenvalue weighted by Crippen LogP contribution is -2.40. The number of hydrogen-bond acceptors (Lipinski definition) is 5. The summed E-state index contributed by atoms with van der Waals surface area (Å²) in [6, 6.07) is 6.81. The highest BCUT2D eigenvalue weighted by Crippen LogP contribution is 2.43. The van der Waals surface area contributed by atoms with E-state index in [0.29, 0.717) is 44.0 Å². The Morgan fingerprint density at radius 2 is 1.83 bits per heavy atom. The molecule has 0 radical (unpaired) electrons. The second-order valence-electron chi connectivity index (χ2n) is 7.95. The number of benzene rings is 2. The molecule has 2 aliphatic rings. The highest BCUT2D eigenvalue weighted by molar-refractivity contribution is 5.94. The Bertz CT molecular complexity index is 1010. The number of amides is 1. The number of halogens is 1. The van der Waals surface area contributed by atoms with Crippen molar-refractivity contribution in [1.29, 1.82) is 0 Å². The molecule has 0 spiro atoms. The molecule has 8 heteroatoms. The Balaban J connectivity index is 1.62. The minimum absolute atomic E-state index is 0.0130. The fourth-order valence-corrected chi connectivity index (χ4v) is 3.64. The molecule has 158 valence electrons. The molecule has 0 aromatic heterocycles. The van der Waals surface area contributed by atoms with E-state index >= 15 is 0 Å². The Hall–Kier alpha value is -3.13. The summed E-state index contributed by atoms with van der Waals surface area (Å²) < 4.78 is 31.6. The van der Waals surface area contributed by atoms with E-state index in [-0.39, 0.29) is 28.5 Å². The number of carbonyl (C=O) groups excluding carboxylic acids is 1. The normalized spacial score (nSPS) is 17.2. The fourth-order valence-electron chi connectivity index (χ4n) is 3.64. The molecule has 2 aliphatic heterocycles. The first-order valence-corrected chi connectivity index (χ1v) is 9.67. The Morgan fingerprint density at radius 1 is 1.10 bits per heavy atom. The van der Waals surface area contributed by atoms with Crippen molar-refractivity contribution in [2.75, 3.05) is 26.3 Å². The zero-order valence-electron chi connectivity index (χ0n) is 16.7. The van der Waals surface area contributed by atoms with Crippen LogP contribution in [-0.2, 0) is 11.2 Å². The van der Waals surface area contributed by atoms with E-state index in [9.17, 15) is 19.1 Å². The number of morpholine rings is 1. The summed E-state index contributed by atoms with van der Waals surface area (Å²) in [7, 11) is 0. The summed E-state index contributed by atoms with van der Waals surface area (Å²) in [6.07, 6.45) is 0.493. The minimum Gasteiger partial charge on any atom is -0.487 e. The topological polar surface area (TPSA) is 85.3 Å². The first kappa shape index (κ1) is 20.2. The molecule has 2 heterocycles. The second-order valence-corrected chi connectivity index (χ2v) is 7.95. The van der Waals surface area contributed by atoms with Gasteiger partial charge < -0.3 is 24.2 Å². The monoisotopic (exact) mass is 415 g/mol. The molecule has 1 saturated heterocycles. The summed E-state index contributed by atoms with van der Waals surface area (Å²) in [4.78, 5) is 25.6. The lowest BCUT2D eigenvalue weighted by Gasteiger charge is -2.26. The SMILES string of the molecule is CC1(C)Cc2c(Oc3ccc(C(=O)N4CCOCC4)cc3F)cc(C(=O)O)cc2O1. The maximum atomic E-state index is 14.8. The minimum atomic E-state index is -1.14. The van der Waals surface area contributed by atoms with E-state index in [0.717, 1.165) is 6.07 Å². The third kappa shape index (κ3) is 3.95. The van der Waals surface area contributed by atoms with E-state index < -0.39 is 17.4 Å². The largest absolute Gasteiger partial charge is 0.487 e. The van der Waals surface area contributed by atoms with Gasteiger partial charge in [0.15, 0.2) is 11.6 Å². The van der Waals surface area contributed by atoms with Crippen molar-refractivity contribution < 1.29 is 33.3 Å². The predicted octanol–water partition coefficient (Wildman–Crippen LogP) is 3.50. The van der Waals surface area contributed by atoms with Gasteiger partial charge in [-0.3, -0.25) is 4.79 Å². The molecular formula is C22H22FNO6. The van der Waals surface area contributed by atoms with Gasteiger partial charge in [-0.2, -0.15) is 0 Å². The van der Waals surface area contributed by atoms with Crippen LogP contribution in [0.4, 0.5) is 4.39 Å². The number of carbonyl (C=O) groups is 2. The molecule has 1 fully saturated rings. The zero-order chi connectivity index (χ0) is 21.5. The van der Waals surface area contributed by atoms with E-state index in [1.54, 1.807) is 4.90 Å². The van der Waals surface area contributed by atoms with Crippen molar-refractivity contribution in [2.45, 2.75) is 25.9 Å². The molecule has 0 atom stereocenters. The Morgan fingerprint density at radius 3 is 2.50 bits per heavy atom. The number of carboxylic acid groups (broad SMARTS) is 1. The average molecular weight is 415 g/mol. The smallest absolute Gasteiger partial charge is 0.335 e. The van der Waals surface area contributed by atoms with Crippen molar-refractivity contribution in [3.8, 4) is 17.2 Å². The average Bonchev–Trinajstić information content (AvgIpc) is 3.03. The third-order valence-electron chi connectivity index (χ3n) is 5.10. The molecule has 0 aliphatic carbocycles. The van der Waals surface area contributed by atoms with E-state index in [4.69, 9.17) is 14.2 Å². The van der Waals surface area contributed by atoms with Crippen molar-refractivity contribution in [2.24, 2.45) is 0 Å². The van der Waals surface area contributed by atoms with Crippen LogP contribution in [0.5, 0.6) is 17.2 Å². The van der Waals surface area contributed by atoms with Crippen molar-refractivity contribution in [3.63, 3.8) is 0 Å². The first-order chi connectivity index (χ1) is 14.2. The lowest BCUT2D eigenvalue weighted by molar-refractivity contribution is 0.0302. The summed E-state index contributed by atoms with van der Waals surface area (Å²) >= 11 is 0. The summed E-state index contributed by atoms with van der Waals surface area (Å²) in [6.45, 7) is 5.59. The van der Waals surface area contributed by atoms with Gasteiger partial charge in [0.25, 0.3) is 5.91 Å². The number of rotatable bonds is 4. The molecule has 2 aromatic carbocycles. The molecule has 0 unspecified atom stereocenters. The van der Waals surface area contributed by atoms with Crippen LogP contribution in [0.2, 0.25) is 0 Å². The van der Waals surface area contributed by atoms with Crippen molar-refractivity contribution >= 4 is 11.9 Å². The third-order valence-corrected chi connectivity index (χ3v) is 5.10. The summed E-state index contributed by atoms with van der Waals surface area (Å²) in [5, 5.41) is 9.38. The van der Waals surface area contributed by atoms with Crippen LogP contribution in [0.1, 0.15) is 40.1 Å². The van der Waals surface area contributed by atoms with Crippen LogP contribution in [0, 0.1) is 5.82 Å². The molecule has 7 nitrogen and oxygen atoms in total. The van der Waals surface area contributed by atoms with Gasteiger partial charge in [0.05, 0.1) is 18.8 Å². The number of carboxylic acids is 1. The van der Waals surface area contributed by atoms with Crippen molar-refractivity contribution in [3.05, 3.63) is 52.8 Å². The molecule has 0 saturated carbocycles. The van der Waals surface area contributed by atoms with Crippen LogP contribution in [0.25, 0.3) is 0 Å². The quantitative estimate of drug-likeness (QED) is 0.823. The van der Waals surface area contributed by atoms with Gasteiger partial charge >= 0.3 is 5.97 Å². The standard InChI is InChI=1S/C22H22FNO6/c1-22(2)12-15-18(10-14(21(26)27)11-19(15)30-22)29-17-4-3-13(9-16(17)23)20(25)24-5-7-28-8-6-24/h3-4,9-11H,5-8,12H2,1-2H3,(H,26,27). The van der Waals surface area contributed by atoms with Gasteiger partial charge in [0.1, 0.15) is 17.1 Å². The number of ether oxygens (including phenoxy) is 3. The van der Waals surface area contributed by atoms with E-state index in [2.05, 4.69) is 0 Å². The first-order valence-electron chi connectivity index (χ1n) is 9.67. The van der Waals surface area contributed by atoms with E-state index in [1.165, 1.54) is 24.3 Å². The fraction of sp³-hybridized carbons (Fsp3) is 0.364. The van der Waals surface area contributed by atoms with Gasteiger partial charge in [-0.15, -0.1) is 0 Å². The lowest BCUT2D eigenvalue weighted by atomic mass is 10.00. The second kappa shape index (κ2) is 7.60. The number of nitrogens with zero attached hydrogens (tertiary/aromatic N) is 1. The molecule has 2 aromatic rings. The van der Waals surface area contributed by atoms with Crippen LogP contribution >= 0.6 is 0 Å². The van der Waals surface area contributed by atoms with E-state index in [1.807, 2.05) is 13.8 Å². The van der Waals surface area contributed by atoms with Crippen molar-refractivity contribution in [1.82, 2.24) is 4.90 Å². The number of aromatic carboxylic acids is 1. The van der Waals surface area contributed by atoms with Crippen LogP contribution in [0.15, 0.2) is 30.3 Å². The number of hydrogen-bond donors (Lipinski definition) is 1. The Labute approximate surface area is 173 Å². The molecule has 0 bridgehead atoms. The molecule has 30 heavy (non-hydrogen) atoms. The zero-order valence-corrected chi connectivity index (χ0v) is 16.7. The maximum Gasteiger partial charge on any atom is 0.335 e. The highest BCUT2D eigenvalue weighted by atomic mass is 19.1. The highest BCUT2D eigenvalue weighted by Gasteiger charge is 2.34. The molecule has 4 rings (SSSR count). The maximum absolute atomic E-state index is 14.8. The van der Waals surface area contributed by atoms with Crippen LogP contribution < -0.4 is 9.47 Å². The summed E-state index contributed by atoms with van der Waals surface area (Å²) in [5.74, 6) is -1.57. The van der Waals surface area contributed by atoms with Gasteiger partial charge in [-0.1, -0.05) is 0 Å². The Kier molecular flexibility index (Phi) is 5.11. The van der Waals surface area contributed by atoms with Gasteiger partial charge in [-0.25, -0.2) is 9.18 Å². The molecule has 1 amide bonds. The number of fused-ring (bicyclic) bond motifs is 1. The molecular weight excluding hydrogens is 393 g/mol. The molecule has 1 N–H and O–H groups in total.